The zero-order valence-corrected chi connectivity index (χ0v) is 12.4. The fourth-order valence-corrected chi connectivity index (χ4v) is 2.11. The molecule has 106 valence electrons. The molecule has 0 aliphatic rings. The quantitative estimate of drug-likeness (QED) is 0.848. The summed E-state index contributed by atoms with van der Waals surface area (Å²) in [6.07, 6.45) is 4.47. The maximum absolute atomic E-state index is 6.04. The molecule has 0 fully saturated rings. The van der Waals surface area contributed by atoms with E-state index in [1.807, 2.05) is 30.3 Å². The first-order chi connectivity index (χ1) is 9.79. The average Bonchev–Trinajstić information content (AvgIpc) is 2.48. The van der Waals surface area contributed by atoms with Crippen molar-refractivity contribution < 1.29 is 4.74 Å². The molecular weight excluding hydrogens is 272 g/mol. The molecular formula is C16H19ClN2O. The average molecular weight is 291 g/mol. The lowest BCUT2D eigenvalue weighted by atomic mass is 10.2. The topological polar surface area (TPSA) is 34.1 Å². The zero-order valence-electron chi connectivity index (χ0n) is 11.6. The Balaban J connectivity index is 1.94. The summed E-state index contributed by atoms with van der Waals surface area (Å²) >= 11 is 6.04. The number of pyridine rings is 1. The van der Waals surface area contributed by atoms with Gasteiger partial charge in [0.1, 0.15) is 5.75 Å². The fraction of sp³-hybridized carbons (Fsp3) is 0.312. The smallest absolute Gasteiger partial charge is 0.123 e. The first kappa shape index (κ1) is 14.8. The van der Waals surface area contributed by atoms with E-state index in [9.17, 15) is 0 Å². The highest BCUT2D eigenvalue weighted by Gasteiger charge is 2.04. The molecule has 0 saturated heterocycles. The highest BCUT2D eigenvalue weighted by molar-refractivity contribution is 6.30. The molecule has 0 unspecified atom stereocenters. The van der Waals surface area contributed by atoms with Gasteiger partial charge >= 0.3 is 0 Å². The third-order valence-electron chi connectivity index (χ3n) is 2.99. The monoisotopic (exact) mass is 290 g/mol. The summed E-state index contributed by atoms with van der Waals surface area (Å²) in [6.45, 7) is 4.41. The molecule has 0 atom stereocenters. The summed E-state index contributed by atoms with van der Waals surface area (Å²) in [7, 11) is 0. The van der Waals surface area contributed by atoms with Crippen LogP contribution in [0.2, 0.25) is 5.02 Å². The van der Waals surface area contributed by atoms with Crippen molar-refractivity contribution in [2.45, 2.75) is 19.9 Å². The Bertz CT molecular complexity index is 531. The van der Waals surface area contributed by atoms with Crippen LogP contribution >= 0.6 is 11.6 Å². The highest BCUT2D eigenvalue weighted by Crippen LogP contribution is 2.23. The Morgan fingerprint density at radius 2 is 2.00 bits per heavy atom. The van der Waals surface area contributed by atoms with Gasteiger partial charge in [-0.1, -0.05) is 18.5 Å². The van der Waals surface area contributed by atoms with Gasteiger partial charge in [0.05, 0.1) is 6.61 Å². The lowest BCUT2D eigenvalue weighted by molar-refractivity contribution is 0.318. The van der Waals surface area contributed by atoms with E-state index in [1.165, 1.54) is 5.56 Å². The van der Waals surface area contributed by atoms with Gasteiger partial charge in [-0.25, -0.2) is 0 Å². The van der Waals surface area contributed by atoms with Crippen molar-refractivity contribution in [3.63, 3.8) is 0 Å². The number of hydrogen-bond acceptors (Lipinski definition) is 3. The molecule has 2 rings (SSSR count). The van der Waals surface area contributed by atoms with Gasteiger partial charge in [-0.3, -0.25) is 4.98 Å². The second-order valence-electron chi connectivity index (χ2n) is 4.49. The minimum Gasteiger partial charge on any atom is -0.493 e. The van der Waals surface area contributed by atoms with Crippen LogP contribution in [0, 0.1) is 0 Å². The van der Waals surface area contributed by atoms with E-state index in [-0.39, 0.29) is 0 Å². The molecule has 0 amide bonds. The predicted octanol–water partition coefficient (Wildman–Crippen LogP) is 3.47. The molecule has 0 spiro atoms. The van der Waals surface area contributed by atoms with Crippen molar-refractivity contribution >= 4 is 11.6 Å². The lowest BCUT2D eigenvalue weighted by Gasteiger charge is -2.12. The van der Waals surface area contributed by atoms with Crippen LogP contribution in [0.1, 0.15) is 18.1 Å². The second-order valence-corrected chi connectivity index (χ2v) is 4.92. The molecule has 0 aliphatic carbocycles. The molecule has 1 heterocycles. The van der Waals surface area contributed by atoms with Crippen LogP contribution in [0.25, 0.3) is 0 Å². The van der Waals surface area contributed by atoms with Gasteiger partial charge in [0.2, 0.25) is 0 Å². The van der Waals surface area contributed by atoms with Crippen molar-refractivity contribution in [2.75, 3.05) is 13.2 Å². The number of aromatic nitrogens is 1. The zero-order chi connectivity index (χ0) is 14.2. The largest absolute Gasteiger partial charge is 0.493 e. The summed E-state index contributed by atoms with van der Waals surface area (Å²) in [5.41, 5.74) is 2.32. The first-order valence-corrected chi connectivity index (χ1v) is 7.18. The number of ether oxygens (including phenoxy) is 1. The molecule has 20 heavy (non-hydrogen) atoms. The molecule has 1 aromatic heterocycles. The molecule has 1 N–H and O–H groups in total. The van der Waals surface area contributed by atoms with Crippen molar-refractivity contribution in [1.82, 2.24) is 10.3 Å². The molecule has 3 nitrogen and oxygen atoms in total. The number of hydrogen-bond donors (Lipinski definition) is 1. The van der Waals surface area contributed by atoms with Crippen LogP contribution in [0.15, 0.2) is 42.7 Å². The van der Waals surface area contributed by atoms with Gasteiger partial charge in [0.25, 0.3) is 0 Å². The summed E-state index contributed by atoms with van der Waals surface area (Å²) in [5.74, 6) is 0.893. The summed E-state index contributed by atoms with van der Waals surface area (Å²) in [5, 5.41) is 4.03. The van der Waals surface area contributed by atoms with Gasteiger partial charge in [0, 0.05) is 35.9 Å². The van der Waals surface area contributed by atoms with Crippen LogP contribution in [0.5, 0.6) is 5.75 Å². The van der Waals surface area contributed by atoms with Gasteiger partial charge in [-0.05, 0) is 42.4 Å². The van der Waals surface area contributed by atoms with Crippen LogP contribution in [-0.4, -0.2) is 18.1 Å². The van der Waals surface area contributed by atoms with Gasteiger partial charge in [0.15, 0.2) is 0 Å². The van der Waals surface area contributed by atoms with Crippen LogP contribution < -0.4 is 10.1 Å². The molecule has 0 radical (unpaired) electrons. The Kier molecular flexibility index (Phi) is 5.84. The van der Waals surface area contributed by atoms with E-state index in [4.69, 9.17) is 16.3 Å². The third kappa shape index (κ3) is 4.51. The molecule has 0 aliphatic heterocycles. The van der Waals surface area contributed by atoms with E-state index in [2.05, 4.69) is 17.2 Å². The van der Waals surface area contributed by atoms with Crippen molar-refractivity contribution in [3.05, 3.63) is 58.9 Å². The highest BCUT2D eigenvalue weighted by atomic mass is 35.5. The lowest BCUT2D eigenvalue weighted by Crippen LogP contribution is -2.13. The summed E-state index contributed by atoms with van der Waals surface area (Å²) < 4.78 is 5.87. The normalized spacial score (nSPS) is 10.5. The van der Waals surface area contributed by atoms with E-state index in [0.29, 0.717) is 6.61 Å². The Labute approximate surface area is 124 Å². The minimum absolute atomic E-state index is 0.644. The van der Waals surface area contributed by atoms with E-state index >= 15 is 0 Å². The Hall–Kier alpha value is -1.58. The van der Waals surface area contributed by atoms with Crippen LogP contribution in [0.4, 0.5) is 0 Å². The van der Waals surface area contributed by atoms with Crippen molar-refractivity contribution in [1.29, 1.82) is 0 Å². The number of rotatable bonds is 7. The summed E-state index contributed by atoms with van der Waals surface area (Å²) in [6, 6.07) is 9.75. The molecule has 4 heteroatoms. The molecule has 1 aromatic carbocycles. The second kappa shape index (κ2) is 7.88. The number of benzene rings is 1. The van der Waals surface area contributed by atoms with Gasteiger partial charge < -0.3 is 10.1 Å². The summed E-state index contributed by atoms with van der Waals surface area (Å²) in [4.78, 5) is 4.01. The Morgan fingerprint density at radius 3 is 2.75 bits per heavy atom. The van der Waals surface area contributed by atoms with E-state index in [1.54, 1.807) is 12.4 Å². The maximum atomic E-state index is 6.04. The van der Waals surface area contributed by atoms with E-state index < -0.39 is 0 Å². The predicted molar refractivity (Wildman–Crippen MR) is 82.3 cm³/mol. The van der Waals surface area contributed by atoms with Crippen LogP contribution in [-0.2, 0) is 13.0 Å². The number of halogens is 1. The molecule has 2 aromatic rings. The standard InChI is InChI=1S/C16H19ClN2O/c1-2-18-12-14-11-15(17)3-4-16(14)20-10-7-13-5-8-19-9-6-13/h3-6,8-9,11,18H,2,7,10,12H2,1H3. The van der Waals surface area contributed by atoms with Gasteiger partial charge in [-0.2, -0.15) is 0 Å². The number of nitrogens with zero attached hydrogens (tertiary/aromatic N) is 1. The van der Waals surface area contributed by atoms with Gasteiger partial charge in [-0.15, -0.1) is 0 Å². The minimum atomic E-state index is 0.644. The van der Waals surface area contributed by atoms with Crippen molar-refractivity contribution in [2.24, 2.45) is 0 Å². The number of nitrogens with one attached hydrogen (secondary N) is 1. The fourth-order valence-electron chi connectivity index (χ4n) is 1.91. The Morgan fingerprint density at radius 1 is 1.20 bits per heavy atom. The first-order valence-electron chi connectivity index (χ1n) is 6.80. The van der Waals surface area contributed by atoms with E-state index in [0.717, 1.165) is 35.8 Å². The molecule has 0 saturated carbocycles. The third-order valence-corrected chi connectivity index (χ3v) is 3.22. The van der Waals surface area contributed by atoms with Crippen LogP contribution in [0.3, 0.4) is 0 Å². The van der Waals surface area contributed by atoms with Crippen molar-refractivity contribution in [3.8, 4) is 5.75 Å². The molecule has 0 bridgehead atoms. The maximum Gasteiger partial charge on any atom is 0.123 e. The SMILES string of the molecule is CCNCc1cc(Cl)ccc1OCCc1ccncc1.